The molecule has 1 amide bonds. The van der Waals surface area contributed by atoms with Gasteiger partial charge in [0.15, 0.2) is 23.3 Å². The number of amides is 1. The van der Waals surface area contributed by atoms with Crippen LogP contribution in [0.25, 0.3) is 0 Å². The van der Waals surface area contributed by atoms with E-state index in [2.05, 4.69) is 0 Å². The third kappa shape index (κ3) is 3.07. The zero-order chi connectivity index (χ0) is 21.5. The molecule has 0 radical (unpaired) electrons. The molecule has 4 nitrogen and oxygen atoms in total. The maximum absolute atomic E-state index is 14.3. The van der Waals surface area contributed by atoms with E-state index >= 15 is 0 Å². The summed E-state index contributed by atoms with van der Waals surface area (Å²) in [6.45, 7) is -0.358. The summed E-state index contributed by atoms with van der Waals surface area (Å²) in [7, 11) is 1.29. The first-order chi connectivity index (χ1) is 14.4. The van der Waals surface area contributed by atoms with Crippen LogP contribution in [0.15, 0.2) is 66.7 Å². The van der Waals surface area contributed by atoms with Gasteiger partial charge in [-0.15, -0.1) is 0 Å². The van der Waals surface area contributed by atoms with Gasteiger partial charge in [-0.2, -0.15) is 0 Å². The minimum absolute atomic E-state index is 0.197. The summed E-state index contributed by atoms with van der Waals surface area (Å²) in [6, 6.07) is 16.4. The predicted molar refractivity (Wildman–Crippen MR) is 104 cm³/mol. The number of benzene rings is 3. The van der Waals surface area contributed by atoms with Crippen LogP contribution in [0.2, 0.25) is 0 Å². The Labute approximate surface area is 171 Å². The zero-order valence-corrected chi connectivity index (χ0v) is 16.0. The summed E-state index contributed by atoms with van der Waals surface area (Å²) >= 11 is 0. The highest BCUT2D eigenvalue weighted by Crippen LogP contribution is 2.45. The average Bonchev–Trinajstić information content (AvgIpc) is 2.75. The molecule has 2 unspecified atom stereocenters. The van der Waals surface area contributed by atoms with Crippen LogP contribution in [0.1, 0.15) is 16.7 Å². The summed E-state index contributed by atoms with van der Waals surface area (Å²) in [5.41, 5.74) is -0.822. The molecule has 0 bridgehead atoms. The molecule has 2 atom stereocenters. The molecule has 0 fully saturated rings. The van der Waals surface area contributed by atoms with E-state index in [9.17, 15) is 23.1 Å². The monoisotopic (exact) mass is 413 g/mol. The smallest absolute Gasteiger partial charge is 0.260 e. The lowest BCUT2D eigenvalue weighted by Gasteiger charge is -2.44. The summed E-state index contributed by atoms with van der Waals surface area (Å²) in [6.07, 6.45) is -1.33. The van der Waals surface area contributed by atoms with Crippen molar-refractivity contribution in [2.75, 3.05) is 12.0 Å². The van der Waals surface area contributed by atoms with E-state index < -0.39 is 35.1 Å². The Balaban J connectivity index is 1.87. The van der Waals surface area contributed by atoms with E-state index in [1.807, 2.05) is 0 Å². The fourth-order valence-electron chi connectivity index (χ4n) is 3.90. The van der Waals surface area contributed by atoms with Gasteiger partial charge in [-0.3, -0.25) is 4.79 Å². The molecule has 0 saturated heterocycles. The van der Waals surface area contributed by atoms with E-state index in [1.54, 1.807) is 54.6 Å². The van der Waals surface area contributed by atoms with E-state index in [0.29, 0.717) is 22.9 Å². The lowest BCUT2D eigenvalue weighted by atomic mass is 9.77. The number of carbonyl (C=O) groups excluding carboxylic acids is 1. The van der Waals surface area contributed by atoms with Crippen molar-refractivity contribution in [3.63, 3.8) is 0 Å². The van der Waals surface area contributed by atoms with Crippen LogP contribution in [0, 0.1) is 17.5 Å². The molecule has 3 aromatic carbocycles. The lowest BCUT2D eigenvalue weighted by Crippen LogP contribution is -2.57. The second-order valence-electron chi connectivity index (χ2n) is 7.05. The highest BCUT2D eigenvalue weighted by atomic mass is 19.2. The lowest BCUT2D eigenvalue weighted by molar-refractivity contribution is -0.145. The Morgan fingerprint density at radius 1 is 0.967 bits per heavy atom. The van der Waals surface area contributed by atoms with Crippen molar-refractivity contribution < 1.29 is 27.8 Å². The minimum atomic E-state index is -1.78. The van der Waals surface area contributed by atoms with Crippen molar-refractivity contribution in [3.8, 4) is 0 Å². The number of methoxy groups -OCH3 is 1. The largest absolute Gasteiger partial charge is 0.377 e. The molecule has 0 saturated carbocycles. The van der Waals surface area contributed by atoms with Gasteiger partial charge in [0.2, 0.25) is 0 Å². The molecule has 7 heteroatoms. The molecule has 0 aliphatic carbocycles. The number of hydrogen-bond donors (Lipinski definition) is 1. The molecule has 1 heterocycles. The number of anilines is 1. The van der Waals surface area contributed by atoms with Crippen molar-refractivity contribution >= 4 is 11.6 Å². The quantitative estimate of drug-likeness (QED) is 0.660. The summed E-state index contributed by atoms with van der Waals surface area (Å²) in [4.78, 5) is 14.5. The van der Waals surface area contributed by atoms with Gasteiger partial charge in [0.05, 0.1) is 12.2 Å². The van der Waals surface area contributed by atoms with Gasteiger partial charge < -0.3 is 14.7 Å². The minimum Gasteiger partial charge on any atom is -0.377 e. The van der Waals surface area contributed by atoms with Crippen LogP contribution in [-0.4, -0.2) is 24.2 Å². The Kier molecular flexibility index (Phi) is 5.09. The van der Waals surface area contributed by atoms with Gasteiger partial charge in [-0.05, 0) is 17.7 Å². The Morgan fingerprint density at radius 2 is 1.60 bits per heavy atom. The highest BCUT2D eigenvalue weighted by molar-refractivity contribution is 6.01. The number of carbonyl (C=O) groups is 1. The van der Waals surface area contributed by atoms with Gasteiger partial charge in [0, 0.05) is 24.3 Å². The molecule has 1 aliphatic heterocycles. The Morgan fingerprint density at radius 3 is 2.30 bits per heavy atom. The number of nitrogens with zero attached hydrogens (tertiary/aromatic N) is 1. The third-order valence-electron chi connectivity index (χ3n) is 5.34. The second-order valence-corrected chi connectivity index (χ2v) is 7.05. The van der Waals surface area contributed by atoms with Crippen LogP contribution in [0.4, 0.5) is 18.9 Å². The maximum Gasteiger partial charge on any atom is 0.260 e. The van der Waals surface area contributed by atoms with Gasteiger partial charge in [-0.1, -0.05) is 48.5 Å². The molecule has 3 aromatic rings. The van der Waals surface area contributed by atoms with Gasteiger partial charge in [-0.25, -0.2) is 13.2 Å². The van der Waals surface area contributed by atoms with Crippen LogP contribution < -0.4 is 4.90 Å². The van der Waals surface area contributed by atoms with Crippen LogP contribution in [-0.2, 0) is 21.7 Å². The molecular formula is C23H18F3NO3. The SMILES string of the molecule is COC1C(=O)N(Cc2cc(F)c(F)cc2F)c2ccccc2C1(O)c1ccccc1. The van der Waals surface area contributed by atoms with E-state index in [0.717, 1.165) is 6.07 Å². The molecule has 154 valence electrons. The molecule has 1 N–H and O–H groups in total. The van der Waals surface area contributed by atoms with Crippen LogP contribution in [0.3, 0.4) is 0 Å². The number of hydrogen-bond acceptors (Lipinski definition) is 3. The first-order valence-corrected chi connectivity index (χ1v) is 9.23. The number of para-hydroxylation sites is 1. The van der Waals surface area contributed by atoms with E-state index in [-0.39, 0.29) is 12.1 Å². The topological polar surface area (TPSA) is 49.8 Å². The number of ether oxygens (including phenoxy) is 1. The third-order valence-corrected chi connectivity index (χ3v) is 5.34. The van der Waals surface area contributed by atoms with E-state index in [1.165, 1.54) is 12.0 Å². The van der Waals surface area contributed by atoms with Crippen molar-refractivity contribution in [1.29, 1.82) is 0 Å². The standard InChI is InChI=1S/C23H18F3NO3/c1-30-21-22(28)27(13-14-11-18(25)19(26)12-17(14)24)20-10-6-5-9-16(20)23(21,29)15-7-3-2-4-8-15/h2-12,21,29H,13H2,1H3. The summed E-state index contributed by atoms with van der Waals surface area (Å²) < 4.78 is 46.7. The number of aliphatic hydroxyl groups is 1. The number of halogens is 3. The second kappa shape index (κ2) is 7.59. The number of rotatable bonds is 4. The fraction of sp³-hybridized carbons (Fsp3) is 0.174. The molecule has 0 spiro atoms. The van der Waals surface area contributed by atoms with Crippen molar-refractivity contribution in [1.82, 2.24) is 0 Å². The maximum atomic E-state index is 14.3. The van der Waals surface area contributed by atoms with Gasteiger partial charge in [0.1, 0.15) is 5.82 Å². The van der Waals surface area contributed by atoms with Gasteiger partial charge >= 0.3 is 0 Å². The molecule has 4 rings (SSSR count). The Bertz CT molecular complexity index is 1110. The van der Waals surface area contributed by atoms with Gasteiger partial charge in [0.25, 0.3) is 5.91 Å². The molecule has 1 aliphatic rings. The van der Waals surface area contributed by atoms with Crippen molar-refractivity contribution in [2.45, 2.75) is 18.2 Å². The average molecular weight is 413 g/mol. The zero-order valence-electron chi connectivity index (χ0n) is 16.0. The predicted octanol–water partition coefficient (Wildman–Crippen LogP) is 3.90. The van der Waals surface area contributed by atoms with Crippen LogP contribution >= 0.6 is 0 Å². The highest BCUT2D eigenvalue weighted by Gasteiger charge is 2.52. The van der Waals surface area contributed by atoms with Crippen molar-refractivity contribution in [3.05, 3.63) is 101 Å². The molecular weight excluding hydrogens is 395 g/mol. The fourth-order valence-corrected chi connectivity index (χ4v) is 3.90. The first kappa shape index (κ1) is 20.1. The molecule has 30 heavy (non-hydrogen) atoms. The first-order valence-electron chi connectivity index (χ1n) is 9.23. The van der Waals surface area contributed by atoms with Crippen molar-refractivity contribution in [2.24, 2.45) is 0 Å². The summed E-state index contributed by atoms with van der Waals surface area (Å²) in [5.74, 6) is -4.13. The Hall–Kier alpha value is -3.16. The number of fused-ring (bicyclic) bond motifs is 1. The van der Waals surface area contributed by atoms with Crippen LogP contribution in [0.5, 0.6) is 0 Å². The van der Waals surface area contributed by atoms with E-state index in [4.69, 9.17) is 4.74 Å². The summed E-state index contributed by atoms with van der Waals surface area (Å²) in [5, 5.41) is 11.7. The normalized spacial score (nSPS) is 20.9. The molecule has 0 aromatic heterocycles.